The highest BCUT2D eigenvalue weighted by molar-refractivity contribution is 7.91. The number of aromatic nitrogens is 1. The van der Waals surface area contributed by atoms with E-state index in [1.54, 1.807) is 12.1 Å². The normalized spacial score (nSPS) is 15.2. The van der Waals surface area contributed by atoms with E-state index < -0.39 is 15.7 Å². The third-order valence-electron chi connectivity index (χ3n) is 4.81. The summed E-state index contributed by atoms with van der Waals surface area (Å²) in [5, 5.41) is 2.86. The summed E-state index contributed by atoms with van der Waals surface area (Å²) >= 11 is 0. The van der Waals surface area contributed by atoms with Gasteiger partial charge in [-0.2, -0.15) is 4.98 Å². The molecule has 1 aliphatic rings. The number of nitrogens with zero attached hydrogens (tertiary/aromatic N) is 2. The van der Waals surface area contributed by atoms with Gasteiger partial charge in [0.1, 0.15) is 5.82 Å². The van der Waals surface area contributed by atoms with Gasteiger partial charge >= 0.3 is 0 Å². The van der Waals surface area contributed by atoms with Gasteiger partial charge in [-0.3, -0.25) is 4.90 Å². The molecule has 1 fully saturated rings. The molecule has 3 aromatic rings. The number of ether oxygens (including phenoxy) is 1. The topological polar surface area (TPSA) is 84.7 Å². The van der Waals surface area contributed by atoms with E-state index in [1.165, 1.54) is 12.1 Å². The lowest BCUT2D eigenvalue weighted by Crippen LogP contribution is -2.39. The Bertz CT molecular complexity index is 1080. The Labute approximate surface area is 174 Å². The van der Waals surface area contributed by atoms with Crippen molar-refractivity contribution in [1.82, 2.24) is 9.88 Å². The van der Waals surface area contributed by atoms with Crippen LogP contribution in [0.5, 0.6) is 0 Å². The summed E-state index contributed by atoms with van der Waals surface area (Å²) in [7, 11) is -4.00. The zero-order valence-corrected chi connectivity index (χ0v) is 17.1. The fraction of sp³-hybridized carbons (Fsp3) is 0.286. The van der Waals surface area contributed by atoms with Crippen molar-refractivity contribution in [2.24, 2.45) is 0 Å². The molecule has 7 nitrogen and oxygen atoms in total. The fourth-order valence-electron chi connectivity index (χ4n) is 3.18. The van der Waals surface area contributed by atoms with Crippen LogP contribution >= 0.6 is 0 Å². The molecule has 0 spiro atoms. The smallest absolute Gasteiger partial charge is 0.233 e. The number of anilines is 1. The highest BCUT2D eigenvalue weighted by atomic mass is 32.2. The summed E-state index contributed by atoms with van der Waals surface area (Å²) in [6.07, 6.45) is 0. The van der Waals surface area contributed by atoms with Crippen LogP contribution in [-0.4, -0.2) is 57.7 Å². The Morgan fingerprint density at radius 3 is 2.43 bits per heavy atom. The van der Waals surface area contributed by atoms with E-state index in [-0.39, 0.29) is 21.7 Å². The Morgan fingerprint density at radius 2 is 1.73 bits per heavy atom. The summed E-state index contributed by atoms with van der Waals surface area (Å²) in [4.78, 5) is 6.45. The van der Waals surface area contributed by atoms with Gasteiger partial charge in [0, 0.05) is 31.7 Å². The van der Waals surface area contributed by atoms with E-state index in [0.717, 1.165) is 25.2 Å². The summed E-state index contributed by atoms with van der Waals surface area (Å²) < 4.78 is 50.7. The second-order valence-corrected chi connectivity index (χ2v) is 8.72. The third-order valence-corrected chi connectivity index (χ3v) is 6.49. The maximum atomic E-state index is 13.3. The van der Waals surface area contributed by atoms with E-state index in [4.69, 9.17) is 9.15 Å². The Kier molecular flexibility index (Phi) is 6.12. The van der Waals surface area contributed by atoms with Crippen molar-refractivity contribution in [3.8, 4) is 11.5 Å². The second kappa shape index (κ2) is 8.95. The van der Waals surface area contributed by atoms with Gasteiger partial charge in [0.05, 0.1) is 18.1 Å². The molecule has 0 saturated carbocycles. The first-order chi connectivity index (χ1) is 14.5. The van der Waals surface area contributed by atoms with Crippen LogP contribution in [0.1, 0.15) is 0 Å². The van der Waals surface area contributed by atoms with Crippen LogP contribution < -0.4 is 5.32 Å². The average molecular weight is 431 g/mol. The first-order valence-electron chi connectivity index (χ1n) is 9.65. The summed E-state index contributed by atoms with van der Waals surface area (Å²) in [6.45, 7) is 4.22. The predicted octanol–water partition coefficient (Wildman–Crippen LogP) is 3.06. The van der Waals surface area contributed by atoms with Crippen molar-refractivity contribution in [2.45, 2.75) is 9.92 Å². The molecule has 2 heterocycles. The summed E-state index contributed by atoms with van der Waals surface area (Å²) in [6, 6.07) is 13.7. The van der Waals surface area contributed by atoms with Crippen molar-refractivity contribution in [3.05, 3.63) is 60.4 Å². The first-order valence-corrected chi connectivity index (χ1v) is 11.1. The van der Waals surface area contributed by atoms with Crippen LogP contribution in [0.3, 0.4) is 0 Å². The number of morpholine rings is 1. The van der Waals surface area contributed by atoms with E-state index in [9.17, 15) is 12.8 Å². The molecule has 1 aromatic heterocycles. The van der Waals surface area contributed by atoms with E-state index in [2.05, 4.69) is 15.2 Å². The lowest BCUT2D eigenvalue weighted by atomic mass is 10.2. The van der Waals surface area contributed by atoms with Crippen molar-refractivity contribution >= 4 is 15.7 Å². The average Bonchev–Trinajstić information content (AvgIpc) is 3.21. The van der Waals surface area contributed by atoms with Gasteiger partial charge in [-0.1, -0.05) is 18.2 Å². The van der Waals surface area contributed by atoms with Crippen LogP contribution in [0, 0.1) is 5.82 Å². The van der Waals surface area contributed by atoms with Crippen molar-refractivity contribution in [3.63, 3.8) is 0 Å². The standard InChI is InChI=1S/C21H22FN3O4S/c22-17-6-8-18(9-7-17)30(26,27)21-20(23-10-11-25-12-14-28-15-13-25)29-19(24-21)16-4-2-1-3-5-16/h1-9,23H,10-15H2. The zero-order valence-electron chi connectivity index (χ0n) is 16.3. The lowest BCUT2D eigenvalue weighted by molar-refractivity contribution is 0.0398. The van der Waals surface area contributed by atoms with Gasteiger partial charge in [-0.25, -0.2) is 12.8 Å². The number of oxazole rings is 1. The van der Waals surface area contributed by atoms with Gasteiger partial charge in [0.25, 0.3) is 0 Å². The van der Waals surface area contributed by atoms with E-state index in [0.29, 0.717) is 31.9 Å². The molecule has 9 heteroatoms. The maximum Gasteiger partial charge on any atom is 0.233 e. The molecular weight excluding hydrogens is 409 g/mol. The number of rotatable bonds is 7. The van der Waals surface area contributed by atoms with Crippen LogP contribution in [0.2, 0.25) is 0 Å². The molecule has 2 aromatic carbocycles. The lowest BCUT2D eigenvalue weighted by Gasteiger charge is -2.26. The summed E-state index contributed by atoms with van der Waals surface area (Å²) in [5.74, 6) is -0.237. The number of hydrogen-bond acceptors (Lipinski definition) is 7. The SMILES string of the molecule is O=S(=O)(c1ccc(F)cc1)c1nc(-c2ccccc2)oc1NCCN1CCOCC1. The van der Waals surface area contributed by atoms with Crippen LogP contribution in [-0.2, 0) is 14.6 Å². The number of benzene rings is 2. The molecule has 0 atom stereocenters. The number of sulfone groups is 1. The highest BCUT2D eigenvalue weighted by Crippen LogP contribution is 2.32. The van der Waals surface area contributed by atoms with E-state index >= 15 is 0 Å². The Balaban J connectivity index is 1.63. The van der Waals surface area contributed by atoms with Crippen molar-refractivity contribution in [1.29, 1.82) is 0 Å². The monoisotopic (exact) mass is 431 g/mol. The minimum absolute atomic E-state index is 0.0481. The third kappa shape index (κ3) is 4.53. The molecule has 1 saturated heterocycles. The van der Waals surface area contributed by atoms with Crippen LogP contribution in [0.25, 0.3) is 11.5 Å². The highest BCUT2D eigenvalue weighted by Gasteiger charge is 2.28. The minimum Gasteiger partial charge on any atom is -0.419 e. The number of halogens is 1. The predicted molar refractivity (Wildman–Crippen MR) is 110 cm³/mol. The number of hydrogen-bond donors (Lipinski definition) is 1. The fourth-order valence-corrected chi connectivity index (χ4v) is 4.46. The second-order valence-electron chi connectivity index (χ2n) is 6.86. The van der Waals surface area contributed by atoms with Crippen molar-refractivity contribution < 1.29 is 22.0 Å². The molecule has 30 heavy (non-hydrogen) atoms. The molecule has 0 aliphatic carbocycles. The van der Waals surface area contributed by atoms with E-state index in [1.807, 2.05) is 18.2 Å². The molecular formula is C21H22FN3O4S. The van der Waals surface area contributed by atoms with Crippen molar-refractivity contribution in [2.75, 3.05) is 44.7 Å². The molecule has 1 N–H and O–H groups in total. The molecule has 158 valence electrons. The van der Waals surface area contributed by atoms with Gasteiger partial charge in [-0.05, 0) is 36.4 Å². The quantitative estimate of drug-likeness (QED) is 0.576. The van der Waals surface area contributed by atoms with Gasteiger partial charge in [0.2, 0.25) is 26.6 Å². The molecule has 0 bridgehead atoms. The molecule has 0 radical (unpaired) electrons. The number of nitrogens with one attached hydrogen (secondary N) is 1. The molecule has 4 rings (SSSR count). The van der Waals surface area contributed by atoms with Crippen LogP contribution in [0.15, 0.2) is 68.9 Å². The zero-order chi connectivity index (χ0) is 21.0. The van der Waals surface area contributed by atoms with Gasteiger partial charge < -0.3 is 14.5 Å². The molecule has 0 amide bonds. The summed E-state index contributed by atoms with van der Waals surface area (Å²) in [5.41, 5.74) is 0.661. The van der Waals surface area contributed by atoms with Gasteiger partial charge in [-0.15, -0.1) is 0 Å². The van der Waals surface area contributed by atoms with Gasteiger partial charge in [0.15, 0.2) is 0 Å². The Morgan fingerprint density at radius 1 is 1.03 bits per heavy atom. The minimum atomic E-state index is -4.00. The van der Waals surface area contributed by atoms with Crippen LogP contribution in [0.4, 0.5) is 10.3 Å². The largest absolute Gasteiger partial charge is 0.419 e. The molecule has 0 unspecified atom stereocenters. The Hall–Kier alpha value is -2.75. The molecule has 1 aliphatic heterocycles. The first kappa shape index (κ1) is 20.5. The maximum absolute atomic E-state index is 13.3.